The van der Waals surface area contributed by atoms with Gasteiger partial charge in [-0.2, -0.15) is 0 Å². The van der Waals surface area contributed by atoms with Gasteiger partial charge in [0, 0.05) is 27.1 Å². The molecule has 0 unspecified atom stereocenters. The predicted molar refractivity (Wildman–Crippen MR) is 199 cm³/mol. The molecular weight excluding hydrogens is 603 g/mol. The second-order valence-electron chi connectivity index (χ2n) is 12.1. The van der Waals surface area contributed by atoms with Crippen LogP contribution in [-0.2, 0) is 4.74 Å². The summed E-state index contributed by atoms with van der Waals surface area (Å²) in [6.45, 7) is 0. The number of hydrogen-bond acceptors (Lipinski definition) is 4. The minimum atomic E-state index is -0.363. The van der Waals surface area contributed by atoms with Crippen molar-refractivity contribution in [1.29, 1.82) is 0 Å². The third kappa shape index (κ3) is 4.75. The lowest BCUT2D eigenvalue weighted by Crippen LogP contribution is -2.04. The molecule has 0 spiro atoms. The van der Waals surface area contributed by atoms with Gasteiger partial charge in [0.1, 0.15) is 0 Å². The molecule has 0 fully saturated rings. The van der Waals surface area contributed by atoms with Gasteiger partial charge in [-0.25, -0.2) is 14.8 Å². The molecule has 2 aromatic heterocycles. The summed E-state index contributed by atoms with van der Waals surface area (Å²) in [6, 6.07) is 53.9. The van der Waals surface area contributed by atoms with Gasteiger partial charge in [0.05, 0.1) is 34.9 Å². The molecule has 0 saturated heterocycles. The molecular formula is C44H29N3O2. The van der Waals surface area contributed by atoms with Crippen LogP contribution in [0.25, 0.3) is 82.9 Å². The molecule has 9 aromatic rings. The lowest BCUT2D eigenvalue weighted by molar-refractivity contribution is 0.0601. The monoisotopic (exact) mass is 631 g/mol. The number of hydrogen-bond donors (Lipinski definition) is 0. The van der Waals surface area contributed by atoms with Gasteiger partial charge >= 0.3 is 5.97 Å². The zero-order chi connectivity index (χ0) is 32.9. The normalized spacial score (nSPS) is 11.4. The van der Waals surface area contributed by atoms with Crippen LogP contribution in [-0.4, -0.2) is 27.6 Å². The van der Waals surface area contributed by atoms with E-state index in [4.69, 9.17) is 14.7 Å². The first-order valence-corrected chi connectivity index (χ1v) is 16.2. The Hall–Kier alpha value is -6.59. The van der Waals surface area contributed by atoms with E-state index in [0.717, 1.165) is 71.4 Å². The number of aromatic nitrogens is 3. The van der Waals surface area contributed by atoms with E-state index >= 15 is 0 Å². The van der Waals surface area contributed by atoms with E-state index in [0.29, 0.717) is 11.5 Å². The number of carbonyl (C=O) groups is 1. The average molecular weight is 632 g/mol. The van der Waals surface area contributed by atoms with Gasteiger partial charge in [0.2, 0.25) is 5.95 Å². The van der Waals surface area contributed by atoms with Gasteiger partial charge < -0.3 is 4.74 Å². The standard InChI is InChI=1S/C44H29N3O2/c1-49-43(48)36-16-8-7-14-33(36)32-24-26-40-38(27-32)35-25-23-30-13-5-6-15-34(30)42(35)47(40)44-45-39-18-10-9-17-37(39)41(46-44)31-21-19-29(20-22-31)28-11-3-2-4-12-28/h2-27H,1H3. The molecule has 0 atom stereocenters. The summed E-state index contributed by atoms with van der Waals surface area (Å²) in [6.07, 6.45) is 0. The second kappa shape index (κ2) is 11.6. The smallest absolute Gasteiger partial charge is 0.338 e. The van der Waals surface area contributed by atoms with E-state index < -0.39 is 0 Å². The van der Waals surface area contributed by atoms with E-state index in [2.05, 4.69) is 120 Å². The van der Waals surface area contributed by atoms with Gasteiger partial charge in [-0.05, 0) is 51.9 Å². The van der Waals surface area contributed by atoms with Crippen molar-refractivity contribution in [2.45, 2.75) is 0 Å². The summed E-state index contributed by atoms with van der Waals surface area (Å²) >= 11 is 0. The van der Waals surface area contributed by atoms with Crippen LogP contribution in [0.3, 0.4) is 0 Å². The number of fused-ring (bicyclic) bond motifs is 6. The Morgan fingerprint density at radius 1 is 0.551 bits per heavy atom. The summed E-state index contributed by atoms with van der Waals surface area (Å²) < 4.78 is 7.31. The number of carbonyl (C=O) groups excluding carboxylic acids is 1. The number of esters is 1. The molecule has 0 aliphatic rings. The Labute approximate surface area is 282 Å². The molecule has 0 radical (unpaired) electrons. The second-order valence-corrected chi connectivity index (χ2v) is 12.1. The molecule has 9 rings (SSSR count). The third-order valence-corrected chi connectivity index (χ3v) is 9.35. The fraction of sp³-hybridized carbons (Fsp3) is 0.0227. The van der Waals surface area contributed by atoms with Gasteiger partial charge in [-0.1, -0.05) is 133 Å². The van der Waals surface area contributed by atoms with E-state index in [-0.39, 0.29) is 5.97 Å². The highest BCUT2D eigenvalue weighted by Crippen LogP contribution is 2.39. The molecule has 0 aliphatic heterocycles. The number of rotatable bonds is 5. The summed E-state index contributed by atoms with van der Waals surface area (Å²) in [5.74, 6) is 0.234. The van der Waals surface area contributed by atoms with Crippen LogP contribution in [0, 0.1) is 0 Å². The topological polar surface area (TPSA) is 57.0 Å². The van der Waals surface area contributed by atoms with Crippen LogP contribution in [0.4, 0.5) is 0 Å². The molecule has 0 aliphatic carbocycles. The molecule has 7 aromatic carbocycles. The average Bonchev–Trinajstić information content (AvgIpc) is 3.52. The van der Waals surface area contributed by atoms with Crippen molar-refractivity contribution >= 4 is 49.5 Å². The fourth-order valence-corrected chi connectivity index (χ4v) is 7.01. The van der Waals surface area contributed by atoms with Gasteiger partial charge in [-0.15, -0.1) is 0 Å². The predicted octanol–water partition coefficient (Wildman–Crippen LogP) is 10.7. The number of nitrogens with zero attached hydrogens (tertiary/aromatic N) is 3. The first kappa shape index (κ1) is 28.6. The van der Waals surface area contributed by atoms with Crippen molar-refractivity contribution in [1.82, 2.24) is 14.5 Å². The zero-order valence-corrected chi connectivity index (χ0v) is 26.7. The van der Waals surface area contributed by atoms with Crippen LogP contribution in [0.2, 0.25) is 0 Å². The van der Waals surface area contributed by atoms with Gasteiger partial charge in [0.25, 0.3) is 0 Å². The van der Waals surface area contributed by atoms with Crippen LogP contribution < -0.4 is 0 Å². The van der Waals surface area contributed by atoms with Crippen LogP contribution in [0.5, 0.6) is 0 Å². The molecule has 232 valence electrons. The van der Waals surface area contributed by atoms with Crippen molar-refractivity contribution < 1.29 is 9.53 Å². The Balaban J connectivity index is 1.31. The molecule has 2 heterocycles. The Morgan fingerprint density at radius 2 is 1.22 bits per heavy atom. The van der Waals surface area contributed by atoms with Crippen molar-refractivity contribution in [3.63, 3.8) is 0 Å². The van der Waals surface area contributed by atoms with Crippen molar-refractivity contribution in [3.05, 3.63) is 163 Å². The van der Waals surface area contributed by atoms with Gasteiger partial charge in [-0.3, -0.25) is 4.57 Å². The maximum Gasteiger partial charge on any atom is 0.338 e. The van der Waals surface area contributed by atoms with Gasteiger partial charge in [0.15, 0.2) is 0 Å². The maximum absolute atomic E-state index is 12.7. The molecule has 0 bridgehead atoms. The Bertz CT molecular complexity index is 2710. The SMILES string of the molecule is COC(=O)c1ccccc1-c1ccc2c(c1)c1ccc3ccccc3c1n2-c1nc(-c2ccc(-c3ccccc3)cc2)c2ccccc2n1. The zero-order valence-electron chi connectivity index (χ0n) is 26.7. The first-order valence-electron chi connectivity index (χ1n) is 16.2. The Morgan fingerprint density at radius 3 is 2.06 bits per heavy atom. The Kier molecular flexibility index (Phi) is 6.76. The summed E-state index contributed by atoms with van der Waals surface area (Å²) in [7, 11) is 1.41. The summed E-state index contributed by atoms with van der Waals surface area (Å²) in [4.78, 5) is 23.3. The quantitative estimate of drug-likeness (QED) is 0.177. The van der Waals surface area contributed by atoms with Crippen LogP contribution >= 0.6 is 0 Å². The first-order chi connectivity index (χ1) is 24.2. The highest BCUT2D eigenvalue weighted by molar-refractivity contribution is 6.19. The van der Waals surface area contributed by atoms with E-state index in [1.165, 1.54) is 12.7 Å². The van der Waals surface area contributed by atoms with Crippen LogP contribution in [0.15, 0.2) is 158 Å². The fourth-order valence-electron chi connectivity index (χ4n) is 7.01. The molecule has 5 nitrogen and oxygen atoms in total. The molecule has 0 saturated carbocycles. The van der Waals surface area contributed by atoms with Crippen LogP contribution in [0.1, 0.15) is 10.4 Å². The van der Waals surface area contributed by atoms with Crippen molar-refractivity contribution in [3.8, 4) is 39.5 Å². The van der Waals surface area contributed by atoms with E-state index in [1.54, 1.807) is 6.07 Å². The molecule has 0 amide bonds. The van der Waals surface area contributed by atoms with Crippen molar-refractivity contribution in [2.75, 3.05) is 7.11 Å². The molecule has 0 N–H and O–H groups in total. The largest absolute Gasteiger partial charge is 0.465 e. The highest BCUT2D eigenvalue weighted by Gasteiger charge is 2.21. The number of ether oxygens (including phenoxy) is 1. The lowest BCUT2D eigenvalue weighted by Gasteiger charge is -2.13. The number of benzene rings is 7. The highest BCUT2D eigenvalue weighted by atomic mass is 16.5. The summed E-state index contributed by atoms with van der Waals surface area (Å²) in [5, 5.41) is 5.36. The summed E-state index contributed by atoms with van der Waals surface area (Å²) in [5.41, 5.74) is 9.38. The lowest BCUT2D eigenvalue weighted by atomic mass is 9.97. The van der Waals surface area contributed by atoms with E-state index in [9.17, 15) is 4.79 Å². The van der Waals surface area contributed by atoms with E-state index in [1.807, 2.05) is 36.4 Å². The number of methoxy groups -OCH3 is 1. The molecule has 5 heteroatoms. The number of para-hydroxylation sites is 1. The van der Waals surface area contributed by atoms with Crippen molar-refractivity contribution in [2.24, 2.45) is 0 Å². The minimum Gasteiger partial charge on any atom is -0.465 e. The molecule has 49 heavy (non-hydrogen) atoms. The maximum atomic E-state index is 12.7. The minimum absolute atomic E-state index is 0.363. The third-order valence-electron chi connectivity index (χ3n) is 9.35.